The zero-order chi connectivity index (χ0) is 22.7. The Morgan fingerprint density at radius 2 is 1.55 bits per heavy atom. The number of ether oxygens (including phenoxy) is 1. The minimum absolute atomic E-state index is 0.0278. The number of nitro benzene ring substituents is 2. The Balaban J connectivity index is 1.81. The summed E-state index contributed by atoms with van der Waals surface area (Å²) in [5, 5.41) is 24.8. The van der Waals surface area contributed by atoms with E-state index in [1.165, 1.54) is 6.92 Å². The molecule has 0 saturated carbocycles. The number of anilines is 1. The average Bonchev–Trinajstić information content (AvgIpc) is 2.68. The Morgan fingerprint density at radius 3 is 2.10 bits per heavy atom. The van der Waals surface area contributed by atoms with E-state index in [0.29, 0.717) is 11.4 Å². The molecule has 3 aromatic rings. The highest BCUT2D eigenvalue weighted by Gasteiger charge is 2.24. The zero-order valence-corrected chi connectivity index (χ0v) is 16.8. The van der Waals surface area contributed by atoms with Crippen molar-refractivity contribution in [3.8, 4) is 11.8 Å². The van der Waals surface area contributed by atoms with Crippen molar-refractivity contribution >= 4 is 23.0 Å². The van der Waals surface area contributed by atoms with Gasteiger partial charge in [0.25, 0.3) is 17.3 Å². The quantitative estimate of drug-likeness (QED) is 0.456. The van der Waals surface area contributed by atoms with Crippen LogP contribution in [0.5, 0.6) is 11.8 Å². The molecule has 11 nitrogen and oxygen atoms in total. The van der Waals surface area contributed by atoms with Gasteiger partial charge in [0.2, 0.25) is 0 Å². The van der Waals surface area contributed by atoms with Crippen LogP contribution < -0.4 is 10.1 Å². The maximum Gasteiger partial charge on any atom is 0.322 e. The van der Waals surface area contributed by atoms with Gasteiger partial charge in [0.1, 0.15) is 5.75 Å². The molecule has 0 spiro atoms. The Hall–Kier alpha value is -4.41. The molecule has 0 aliphatic rings. The van der Waals surface area contributed by atoms with Crippen LogP contribution in [0.1, 0.15) is 27.3 Å². The number of hydrogen-bond donors (Lipinski definition) is 1. The fraction of sp³-hybridized carbons (Fsp3) is 0.150. The lowest BCUT2D eigenvalue weighted by Crippen LogP contribution is -2.14. The Labute approximate surface area is 176 Å². The molecule has 0 bridgehead atoms. The van der Waals surface area contributed by atoms with Gasteiger partial charge < -0.3 is 10.1 Å². The van der Waals surface area contributed by atoms with E-state index in [9.17, 15) is 25.0 Å². The lowest BCUT2D eigenvalue weighted by atomic mass is 10.0. The first-order chi connectivity index (χ1) is 14.6. The van der Waals surface area contributed by atoms with Gasteiger partial charge in [0.05, 0.1) is 21.5 Å². The van der Waals surface area contributed by atoms with E-state index >= 15 is 0 Å². The third-order valence-corrected chi connectivity index (χ3v) is 4.30. The zero-order valence-electron chi connectivity index (χ0n) is 16.8. The van der Waals surface area contributed by atoms with Crippen molar-refractivity contribution in [2.24, 2.45) is 0 Å². The van der Waals surface area contributed by atoms with Gasteiger partial charge in [-0.15, -0.1) is 0 Å². The van der Waals surface area contributed by atoms with E-state index in [1.807, 2.05) is 19.9 Å². The smallest absolute Gasteiger partial charge is 0.322 e. The summed E-state index contributed by atoms with van der Waals surface area (Å²) in [6.07, 6.45) is 0. The summed E-state index contributed by atoms with van der Waals surface area (Å²) in [6, 6.07) is 10.1. The first-order valence-corrected chi connectivity index (χ1v) is 8.99. The molecular formula is C20H17N5O6. The average molecular weight is 423 g/mol. The lowest BCUT2D eigenvalue weighted by Gasteiger charge is -2.09. The van der Waals surface area contributed by atoms with Gasteiger partial charge in [-0.2, -0.15) is 0 Å². The van der Waals surface area contributed by atoms with Crippen molar-refractivity contribution in [1.82, 2.24) is 9.97 Å². The van der Waals surface area contributed by atoms with E-state index in [4.69, 9.17) is 4.74 Å². The van der Waals surface area contributed by atoms with E-state index in [2.05, 4.69) is 15.3 Å². The number of carbonyl (C=O) groups is 1. The maximum absolute atomic E-state index is 12.6. The molecule has 0 fully saturated rings. The number of benzene rings is 2. The molecule has 0 unspecified atom stereocenters. The SMILES string of the molecule is Cc1cc(C)nc(Oc2ccc(NC(=O)c3cc([N+](=O)[O-])cc([N+](=O)[O-])c3C)cc2)n1. The number of nitrogens with one attached hydrogen (secondary N) is 1. The monoisotopic (exact) mass is 423 g/mol. The molecule has 0 aliphatic carbocycles. The first-order valence-electron chi connectivity index (χ1n) is 8.99. The second-order valence-electron chi connectivity index (χ2n) is 6.67. The normalized spacial score (nSPS) is 10.4. The van der Waals surface area contributed by atoms with E-state index in [0.717, 1.165) is 23.5 Å². The van der Waals surface area contributed by atoms with Gasteiger partial charge in [-0.25, -0.2) is 9.97 Å². The lowest BCUT2D eigenvalue weighted by molar-refractivity contribution is -0.394. The van der Waals surface area contributed by atoms with Crippen molar-refractivity contribution in [2.75, 3.05) is 5.32 Å². The Morgan fingerprint density at radius 1 is 0.935 bits per heavy atom. The van der Waals surface area contributed by atoms with Gasteiger partial charge in [0, 0.05) is 28.7 Å². The molecule has 0 aliphatic heterocycles. The molecule has 1 heterocycles. The van der Waals surface area contributed by atoms with E-state index in [1.54, 1.807) is 24.3 Å². The molecular weight excluding hydrogens is 406 g/mol. The van der Waals surface area contributed by atoms with Gasteiger partial charge >= 0.3 is 6.01 Å². The Bertz CT molecular complexity index is 1170. The van der Waals surface area contributed by atoms with Crippen LogP contribution in [-0.2, 0) is 0 Å². The minimum Gasteiger partial charge on any atom is -0.424 e. The highest BCUT2D eigenvalue weighted by atomic mass is 16.6. The molecule has 0 saturated heterocycles. The van der Waals surface area contributed by atoms with Crippen molar-refractivity contribution in [3.05, 3.63) is 85.2 Å². The highest BCUT2D eigenvalue weighted by Crippen LogP contribution is 2.29. The molecule has 1 N–H and O–H groups in total. The fourth-order valence-electron chi connectivity index (χ4n) is 2.86. The van der Waals surface area contributed by atoms with Crippen molar-refractivity contribution in [3.63, 3.8) is 0 Å². The second kappa shape index (κ2) is 8.53. The fourth-order valence-corrected chi connectivity index (χ4v) is 2.86. The van der Waals surface area contributed by atoms with E-state index in [-0.39, 0.29) is 17.1 Å². The minimum atomic E-state index is -0.787. The molecule has 11 heteroatoms. The topological polar surface area (TPSA) is 150 Å². The number of amides is 1. The predicted molar refractivity (Wildman–Crippen MR) is 110 cm³/mol. The van der Waals surface area contributed by atoms with Crippen molar-refractivity contribution in [2.45, 2.75) is 20.8 Å². The summed E-state index contributed by atoms with van der Waals surface area (Å²) in [4.78, 5) is 41.7. The summed E-state index contributed by atoms with van der Waals surface area (Å²) in [6.45, 7) is 5.00. The Kier molecular flexibility index (Phi) is 5.86. The van der Waals surface area contributed by atoms with Gasteiger partial charge in [0.15, 0.2) is 0 Å². The van der Waals surface area contributed by atoms with Gasteiger partial charge in [-0.3, -0.25) is 25.0 Å². The number of aromatic nitrogens is 2. The van der Waals surface area contributed by atoms with E-state index < -0.39 is 27.1 Å². The number of nitro groups is 2. The number of non-ortho nitro benzene ring substituents is 1. The summed E-state index contributed by atoms with van der Waals surface area (Å²) in [7, 11) is 0. The van der Waals surface area contributed by atoms with Crippen LogP contribution in [-0.4, -0.2) is 25.7 Å². The summed E-state index contributed by atoms with van der Waals surface area (Å²) < 4.78 is 5.60. The van der Waals surface area contributed by atoms with Crippen LogP contribution in [0.2, 0.25) is 0 Å². The maximum atomic E-state index is 12.6. The summed E-state index contributed by atoms with van der Waals surface area (Å²) in [5.74, 6) is -0.277. The van der Waals surface area contributed by atoms with Crippen LogP contribution >= 0.6 is 0 Å². The number of rotatable bonds is 6. The molecule has 1 amide bonds. The number of aryl methyl sites for hydroxylation is 2. The van der Waals surface area contributed by atoms with Crippen molar-refractivity contribution in [1.29, 1.82) is 0 Å². The molecule has 31 heavy (non-hydrogen) atoms. The largest absolute Gasteiger partial charge is 0.424 e. The molecule has 0 radical (unpaired) electrons. The summed E-state index contributed by atoms with van der Waals surface area (Å²) in [5.41, 5.74) is 0.703. The van der Waals surface area contributed by atoms with Gasteiger partial charge in [-0.1, -0.05) is 0 Å². The highest BCUT2D eigenvalue weighted by molar-refractivity contribution is 6.06. The summed E-state index contributed by atoms with van der Waals surface area (Å²) >= 11 is 0. The third-order valence-electron chi connectivity index (χ3n) is 4.30. The third kappa shape index (κ3) is 4.96. The van der Waals surface area contributed by atoms with Crippen LogP contribution in [0.3, 0.4) is 0 Å². The van der Waals surface area contributed by atoms with Crippen LogP contribution in [0.4, 0.5) is 17.1 Å². The molecule has 2 aromatic carbocycles. The van der Waals surface area contributed by atoms with Gasteiger partial charge in [-0.05, 0) is 51.1 Å². The van der Waals surface area contributed by atoms with Crippen LogP contribution in [0, 0.1) is 41.0 Å². The number of carbonyl (C=O) groups excluding carboxylic acids is 1. The van der Waals surface area contributed by atoms with Crippen LogP contribution in [0.15, 0.2) is 42.5 Å². The van der Waals surface area contributed by atoms with Crippen molar-refractivity contribution < 1.29 is 19.4 Å². The standard InChI is InChI=1S/C20H17N5O6/c1-11-8-12(2)22-20(21-11)31-16-6-4-14(5-7-16)23-19(26)17-9-15(24(27)28)10-18(13(17)3)25(29)30/h4-10H,1-3H3,(H,23,26). The number of hydrogen-bond acceptors (Lipinski definition) is 8. The molecule has 1 aromatic heterocycles. The second-order valence-corrected chi connectivity index (χ2v) is 6.67. The molecule has 3 rings (SSSR count). The van der Waals surface area contributed by atoms with Crippen LogP contribution in [0.25, 0.3) is 0 Å². The number of nitrogens with zero attached hydrogens (tertiary/aromatic N) is 4. The molecule has 158 valence electrons. The first kappa shape index (κ1) is 21.3. The predicted octanol–water partition coefficient (Wildman–Crippen LogP) is 4.26. The molecule has 0 atom stereocenters.